The van der Waals surface area contributed by atoms with Crippen LogP contribution in [0.4, 0.5) is 22.0 Å². The molecular weight excluding hydrogens is 511 g/mol. The Morgan fingerprint density at radius 3 is 2.30 bits per heavy atom. The summed E-state index contributed by atoms with van der Waals surface area (Å²) in [5, 5.41) is 7.12. The van der Waals surface area contributed by atoms with Crippen LogP contribution in [0.15, 0.2) is 0 Å². The SMILES string of the molecule is CC(C)(C)NC(=O)C(=O)N1C[C@@]2(C[C@H]1C(=O)NC(C[C@@H]1CCNC1=O)C(=O)COC(F)(F)F)CC2(F)F. The molecule has 1 aliphatic carbocycles. The highest BCUT2D eigenvalue weighted by Crippen LogP contribution is 2.66. The summed E-state index contributed by atoms with van der Waals surface area (Å²) < 4.78 is 69.3. The summed E-state index contributed by atoms with van der Waals surface area (Å²) in [7, 11) is 0. The van der Waals surface area contributed by atoms with Crippen molar-refractivity contribution >= 4 is 29.4 Å². The first kappa shape index (κ1) is 28.7. The summed E-state index contributed by atoms with van der Waals surface area (Å²) in [6.07, 6.45) is -6.35. The fraction of sp³-hybridized carbons (Fsp3) is 0.773. The maximum absolute atomic E-state index is 14.2. The number of likely N-dealkylation sites (tertiary alicyclic amines) is 1. The smallest absolute Gasteiger partial charge is 0.356 e. The van der Waals surface area contributed by atoms with Crippen LogP contribution in [0.2, 0.25) is 0 Å². The van der Waals surface area contributed by atoms with Gasteiger partial charge in [0.25, 0.3) is 5.92 Å². The standard InChI is InChI=1S/C22H29F5N4O6/c1-19(2,3)30-17(35)18(36)31-10-20(9-21(20,23)24)7-13(31)16(34)29-12(6-11-4-5-28-15(11)33)14(32)8-37-22(25,26)27/h11-13H,4-10H2,1-3H3,(H,28,33)(H,29,34)(H,30,35)/t11-,12?,13-,20+/m0/s1. The average molecular weight is 540 g/mol. The first-order chi connectivity index (χ1) is 16.8. The Bertz CT molecular complexity index is 982. The second kappa shape index (κ2) is 9.80. The third kappa shape index (κ3) is 6.73. The summed E-state index contributed by atoms with van der Waals surface area (Å²) in [5.74, 6) is -9.08. The molecule has 0 aromatic carbocycles. The van der Waals surface area contributed by atoms with Crippen molar-refractivity contribution < 1.29 is 50.7 Å². The van der Waals surface area contributed by atoms with Crippen LogP contribution in [0.1, 0.15) is 46.5 Å². The number of Topliss-reactive ketones (excluding diaryl/α,β-unsaturated/α-hetero) is 1. The Kier molecular flexibility index (Phi) is 7.61. The van der Waals surface area contributed by atoms with E-state index in [0.29, 0.717) is 4.90 Å². The predicted octanol–water partition coefficient (Wildman–Crippen LogP) is 0.644. The number of nitrogens with zero attached hydrogens (tertiary/aromatic N) is 1. The van der Waals surface area contributed by atoms with Crippen molar-refractivity contribution in [1.82, 2.24) is 20.9 Å². The van der Waals surface area contributed by atoms with Crippen LogP contribution in [0.5, 0.6) is 0 Å². The monoisotopic (exact) mass is 540 g/mol. The molecule has 0 radical (unpaired) electrons. The first-order valence-electron chi connectivity index (χ1n) is 11.7. The number of ether oxygens (including phenoxy) is 1. The van der Waals surface area contributed by atoms with Gasteiger partial charge in [0, 0.05) is 31.0 Å². The van der Waals surface area contributed by atoms with E-state index in [4.69, 9.17) is 0 Å². The van der Waals surface area contributed by atoms with Crippen molar-refractivity contribution in [2.75, 3.05) is 19.7 Å². The molecule has 3 aliphatic rings. The van der Waals surface area contributed by atoms with E-state index < -0.39 is 96.6 Å². The Balaban J connectivity index is 1.80. The molecule has 4 amide bonds. The third-order valence-corrected chi connectivity index (χ3v) is 6.66. The lowest BCUT2D eigenvalue weighted by atomic mass is 9.95. The number of hydrogen-bond donors (Lipinski definition) is 3. The minimum atomic E-state index is -5.13. The van der Waals surface area contributed by atoms with Crippen LogP contribution >= 0.6 is 0 Å². The van der Waals surface area contributed by atoms with Gasteiger partial charge in [-0.1, -0.05) is 0 Å². The van der Waals surface area contributed by atoms with E-state index in [1.807, 2.05) is 0 Å². The van der Waals surface area contributed by atoms with E-state index in [0.717, 1.165) is 0 Å². The van der Waals surface area contributed by atoms with Gasteiger partial charge in [-0.25, -0.2) is 8.78 Å². The van der Waals surface area contributed by atoms with Gasteiger partial charge in [-0.3, -0.25) is 28.7 Å². The molecule has 0 aromatic heterocycles. The number of nitrogens with one attached hydrogen (secondary N) is 3. The van der Waals surface area contributed by atoms with Crippen LogP contribution < -0.4 is 16.0 Å². The molecule has 3 fully saturated rings. The minimum absolute atomic E-state index is 0.259. The van der Waals surface area contributed by atoms with E-state index in [2.05, 4.69) is 20.7 Å². The molecule has 208 valence electrons. The van der Waals surface area contributed by atoms with Gasteiger partial charge in [-0.05, 0) is 40.0 Å². The van der Waals surface area contributed by atoms with Crippen molar-refractivity contribution in [3.8, 4) is 0 Å². The molecule has 2 saturated heterocycles. The minimum Gasteiger partial charge on any atom is -0.356 e. The van der Waals surface area contributed by atoms with Crippen LogP contribution in [0, 0.1) is 11.3 Å². The predicted molar refractivity (Wildman–Crippen MR) is 115 cm³/mol. The Morgan fingerprint density at radius 1 is 1.19 bits per heavy atom. The Morgan fingerprint density at radius 2 is 1.81 bits per heavy atom. The van der Waals surface area contributed by atoms with Gasteiger partial charge >= 0.3 is 18.2 Å². The van der Waals surface area contributed by atoms with Gasteiger partial charge in [0.1, 0.15) is 12.6 Å². The number of carbonyl (C=O) groups excluding carboxylic acids is 5. The van der Waals surface area contributed by atoms with E-state index >= 15 is 0 Å². The summed E-state index contributed by atoms with van der Waals surface area (Å²) in [6.45, 7) is 2.98. The molecule has 1 spiro atoms. The second-order valence-electron chi connectivity index (χ2n) is 10.8. The zero-order valence-corrected chi connectivity index (χ0v) is 20.5. The largest absolute Gasteiger partial charge is 0.522 e. The zero-order valence-electron chi connectivity index (χ0n) is 20.5. The zero-order chi connectivity index (χ0) is 28.0. The normalized spacial score (nSPS) is 27.6. The van der Waals surface area contributed by atoms with Gasteiger partial charge in [0.05, 0.1) is 11.5 Å². The Labute approximate surface area is 209 Å². The molecule has 37 heavy (non-hydrogen) atoms. The molecule has 2 heterocycles. The van der Waals surface area contributed by atoms with Crippen molar-refractivity contribution in [1.29, 1.82) is 0 Å². The summed E-state index contributed by atoms with van der Waals surface area (Å²) in [4.78, 5) is 63.6. The van der Waals surface area contributed by atoms with E-state index in [9.17, 15) is 45.9 Å². The fourth-order valence-electron chi connectivity index (χ4n) is 4.67. The molecule has 3 rings (SSSR count). The second-order valence-corrected chi connectivity index (χ2v) is 10.8. The van der Waals surface area contributed by atoms with E-state index in [-0.39, 0.29) is 19.4 Å². The van der Waals surface area contributed by atoms with Crippen LogP contribution in [-0.2, 0) is 28.7 Å². The fourth-order valence-corrected chi connectivity index (χ4v) is 4.67. The summed E-state index contributed by atoms with van der Waals surface area (Å²) >= 11 is 0. The van der Waals surface area contributed by atoms with Gasteiger partial charge in [0.2, 0.25) is 11.8 Å². The molecule has 1 saturated carbocycles. The van der Waals surface area contributed by atoms with Crippen LogP contribution in [0.3, 0.4) is 0 Å². The number of halogens is 5. The lowest BCUT2D eigenvalue weighted by molar-refractivity contribution is -0.321. The maximum atomic E-state index is 14.2. The van der Waals surface area contributed by atoms with Crippen LogP contribution in [0.25, 0.3) is 0 Å². The summed E-state index contributed by atoms with van der Waals surface area (Å²) in [6, 6.07) is -3.21. The quantitative estimate of drug-likeness (QED) is 0.321. The number of ketones is 1. The number of carbonyl (C=O) groups is 5. The van der Waals surface area contributed by atoms with Gasteiger partial charge in [0.15, 0.2) is 5.78 Å². The lowest BCUT2D eigenvalue weighted by Crippen LogP contribution is -2.55. The highest BCUT2D eigenvalue weighted by Gasteiger charge is 2.75. The molecule has 0 bridgehead atoms. The van der Waals surface area contributed by atoms with Crippen LogP contribution in [-0.4, -0.2) is 83.9 Å². The van der Waals surface area contributed by atoms with Crippen molar-refractivity contribution in [3.63, 3.8) is 0 Å². The molecule has 1 unspecified atom stereocenters. The van der Waals surface area contributed by atoms with E-state index in [1.54, 1.807) is 20.8 Å². The average Bonchev–Trinajstić information content (AvgIpc) is 3.06. The number of alkyl halides is 5. The number of rotatable bonds is 7. The molecule has 10 nitrogen and oxygen atoms in total. The van der Waals surface area contributed by atoms with Gasteiger partial charge in [-0.2, -0.15) is 0 Å². The maximum Gasteiger partial charge on any atom is 0.522 e. The first-order valence-corrected chi connectivity index (χ1v) is 11.7. The van der Waals surface area contributed by atoms with E-state index in [1.165, 1.54) is 0 Å². The molecule has 3 N–H and O–H groups in total. The third-order valence-electron chi connectivity index (χ3n) is 6.66. The number of amides is 4. The lowest BCUT2D eigenvalue weighted by Gasteiger charge is -2.28. The van der Waals surface area contributed by atoms with Gasteiger partial charge in [-0.15, -0.1) is 13.2 Å². The van der Waals surface area contributed by atoms with Gasteiger partial charge < -0.3 is 20.9 Å². The topological polar surface area (TPSA) is 134 Å². The molecule has 15 heteroatoms. The van der Waals surface area contributed by atoms with Crippen molar-refractivity contribution in [3.05, 3.63) is 0 Å². The molecule has 2 aliphatic heterocycles. The number of hydrogen-bond acceptors (Lipinski definition) is 6. The van der Waals surface area contributed by atoms with Crippen molar-refractivity contribution in [2.45, 2.75) is 76.4 Å². The molecular formula is C22H29F5N4O6. The molecule has 0 aromatic rings. The molecule has 4 atom stereocenters. The summed E-state index contributed by atoms with van der Waals surface area (Å²) in [5.41, 5.74) is -2.57. The highest BCUT2D eigenvalue weighted by atomic mass is 19.4. The van der Waals surface area contributed by atoms with Crippen molar-refractivity contribution in [2.24, 2.45) is 11.3 Å². The highest BCUT2D eigenvalue weighted by molar-refractivity contribution is 6.35. The Hall–Kier alpha value is -2.84.